The molecule has 1 aliphatic rings. The van der Waals surface area contributed by atoms with E-state index in [-0.39, 0.29) is 5.88 Å². The predicted molar refractivity (Wildman–Crippen MR) is 52.1 cm³/mol. The minimum absolute atomic E-state index is 0.261. The van der Waals surface area contributed by atoms with Gasteiger partial charge in [-0.15, -0.1) is 0 Å². The summed E-state index contributed by atoms with van der Waals surface area (Å²) in [4.78, 5) is 0. The molecule has 14 heavy (non-hydrogen) atoms. The van der Waals surface area contributed by atoms with Gasteiger partial charge in [-0.3, -0.25) is 0 Å². The number of hydrogen-bond acceptors (Lipinski definition) is 3. The maximum Gasteiger partial charge on any atom is 0.209 e. The van der Waals surface area contributed by atoms with Gasteiger partial charge in [-0.25, -0.2) is 4.68 Å². The summed E-state index contributed by atoms with van der Waals surface area (Å²) < 4.78 is 6.94. The van der Waals surface area contributed by atoms with E-state index in [2.05, 4.69) is 5.10 Å². The number of ether oxygens (including phenoxy) is 1. The van der Waals surface area contributed by atoms with Crippen LogP contribution in [0.5, 0.6) is 5.88 Å². The van der Waals surface area contributed by atoms with Crippen molar-refractivity contribution in [3.05, 3.63) is 12.3 Å². The molecule has 0 atom stereocenters. The summed E-state index contributed by atoms with van der Waals surface area (Å²) in [5.74, 6) is 0.990. The smallest absolute Gasteiger partial charge is 0.209 e. The van der Waals surface area contributed by atoms with Gasteiger partial charge in [0, 0.05) is 25.8 Å². The Bertz CT molecular complexity index is 279. The summed E-state index contributed by atoms with van der Waals surface area (Å²) in [6.07, 6.45) is 4.99. The Labute approximate surface area is 83.5 Å². The van der Waals surface area contributed by atoms with E-state index in [1.807, 2.05) is 0 Å². The number of aromatic nitrogens is 2. The van der Waals surface area contributed by atoms with Crippen LogP contribution < -0.4 is 0 Å². The number of rotatable bonds is 3. The van der Waals surface area contributed by atoms with E-state index in [0.717, 1.165) is 44.9 Å². The third kappa shape index (κ3) is 2.26. The van der Waals surface area contributed by atoms with E-state index in [9.17, 15) is 5.11 Å². The summed E-state index contributed by atoms with van der Waals surface area (Å²) >= 11 is 0. The molecule has 1 fully saturated rings. The van der Waals surface area contributed by atoms with Crippen molar-refractivity contribution in [2.24, 2.45) is 5.92 Å². The highest BCUT2D eigenvalue weighted by molar-refractivity contribution is 5.04. The van der Waals surface area contributed by atoms with Gasteiger partial charge in [0.2, 0.25) is 5.88 Å². The second-order valence-electron chi connectivity index (χ2n) is 3.76. The molecular weight excluding hydrogens is 180 g/mol. The van der Waals surface area contributed by atoms with Crippen molar-refractivity contribution < 1.29 is 9.84 Å². The average Bonchev–Trinajstić information content (AvgIpc) is 2.63. The zero-order valence-corrected chi connectivity index (χ0v) is 8.22. The Morgan fingerprint density at radius 2 is 2.29 bits per heavy atom. The zero-order valence-electron chi connectivity index (χ0n) is 8.22. The van der Waals surface area contributed by atoms with Crippen LogP contribution in [-0.2, 0) is 11.3 Å². The molecule has 4 heteroatoms. The topological polar surface area (TPSA) is 47.3 Å². The van der Waals surface area contributed by atoms with E-state index in [0.29, 0.717) is 0 Å². The van der Waals surface area contributed by atoms with E-state index in [1.54, 1.807) is 16.9 Å². The van der Waals surface area contributed by atoms with Crippen molar-refractivity contribution in [2.75, 3.05) is 13.2 Å². The molecular formula is C10H16N2O2. The van der Waals surface area contributed by atoms with Gasteiger partial charge in [0.05, 0.1) is 6.20 Å². The van der Waals surface area contributed by atoms with Gasteiger partial charge in [0.25, 0.3) is 0 Å². The Morgan fingerprint density at radius 3 is 2.93 bits per heavy atom. The van der Waals surface area contributed by atoms with Crippen LogP contribution in [0.4, 0.5) is 0 Å². The molecule has 1 aromatic rings. The number of hydrogen-bond donors (Lipinski definition) is 1. The van der Waals surface area contributed by atoms with E-state index in [4.69, 9.17) is 4.74 Å². The normalized spacial score (nSPS) is 18.6. The lowest BCUT2D eigenvalue weighted by Crippen LogP contribution is -2.17. The first-order chi connectivity index (χ1) is 6.86. The fourth-order valence-electron chi connectivity index (χ4n) is 1.84. The van der Waals surface area contributed by atoms with E-state index in [1.165, 1.54) is 0 Å². The molecule has 4 nitrogen and oxygen atoms in total. The lowest BCUT2D eigenvalue weighted by Gasteiger charge is -2.21. The number of aryl methyl sites for hydroxylation is 1. The first-order valence-corrected chi connectivity index (χ1v) is 5.15. The van der Waals surface area contributed by atoms with Crippen molar-refractivity contribution in [3.63, 3.8) is 0 Å². The Hall–Kier alpha value is -1.03. The van der Waals surface area contributed by atoms with Crippen molar-refractivity contribution in [3.8, 4) is 5.88 Å². The van der Waals surface area contributed by atoms with Crippen LogP contribution in [0, 0.1) is 5.92 Å². The fourth-order valence-corrected chi connectivity index (χ4v) is 1.84. The minimum Gasteiger partial charge on any atom is -0.493 e. The fraction of sp³-hybridized carbons (Fsp3) is 0.700. The molecule has 0 bridgehead atoms. The summed E-state index contributed by atoms with van der Waals surface area (Å²) in [5.41, 5.74) is 0. The first kappa shape index (κ1) is 9.52. The van der Waals surface area contributed by atoms with E-state index < -0.39 is 0 Å². The van der Waals surface area contributed by atoms with Gasteiger partial charge in [0.15, 0.2) is 0 Å². The van der Waals surface area contributed by atoms with Crippen LogP contribution in [-0.4, -0.2) is 28.1 Å². The molecule has 2 heterocycles. The van der Waals surface area contributed by atoms with Crippen LogP contribution in [0.15, 0.2) is 12.3 Å². The minimum atomic E-state index is 0.261. The maximum absolute atomic E-state index is 9.36. The molecule has 2 rings (SSSR count). The monoisotopic (exact) mass is 196 g/mol. The largest absolute Gasteiger partial charge is 0.493 e. The van der Waals surface area contributed by atoms with E-state index >= 15 is 0 Å². The third-order valence-electron chi connectivity index (χ3n) is 2.78. The maximum atomic E-state index is 9.36. The Morgan fingerprint density at radius 1 is 1.50 bits per heavy atom. The second kappa shape index (κ2) is 4.46. The van der Waals surface area contributed by atoms with Gasteiger partial charge < -0.3 is 9.84 Å². The van der Waals surface area contributed by atoms with Crippen molar-refractivity contribution in [2.45, 2.75) is 25.8 Å². The molecule has 0 aromatic carbocycles. The van der Waals surface area contributed by atoms with Gasteiger partial charge in [0.1, 0.15) is 0 Å². The molecule has 0 radical (unpaired) electrons. The van der Waals surface area contributed by atoms with Gasteiger partial charge in [-0.2, -0.15) is 5.10 Å². The quantitative estimate of drug-likeness (QED) is 0.795. The molecule has 0 amide bonds. The summed E-state index contributed by atoms with van der Waals surface area (Å²) in [7, 11) is 0. The van der Waals surface area contributed by atoms with Crippen molar-refractivity contribution in [1.82, 2.24) is 9.78 Å². The van der Waals surface area contributed by atoms with Crippen LogP contribution in [0.1, 0.15) is 19.3 Å². The Kier molecular flexibility index (Phi) is 3.03. The Balaban J connectivity index is 1.79. The standard InChI is InChI=1S/C10H16N2O2/c13-10-1-5-11-12(10)6-2-9-3-7-14-8-4-9/h1,5,9,13H,2-4,6-8H2. The summed E-state index contributed by atoms with van der Waals surface area (Å²) in [6, 6.07) is 1.62. The predicted octanol–water partition coefficient (Wildman–Crippen LogP) is 1.41. The molecule has 1 aliphatic heterocycles. The average molecular weight is 196 g/mol. The summed E-state index contributed by atoms with van der Waals surface area (Å²) in [6.45, 7) is 2.58. The molecule has 0 spiro atoms. The SMILES string of the molecule is Oc1ccnn1CCC1CCOCC1. The highest BCUT2D eigenvalue weighted by Gasteiger charge is 2.14. The van der Waals surface area contributed by atoms with Crippen LogP contribution in [0.3, 0.4) is 0 Å². The zero-order chi connectivity index (χ0) is 9.80. The molecule has 1 aromatic heterocycles. The van der Waals surface area contributed by atoms with Gasteiger partial charge in [-0.05, 0) is 25.2 Å². The third-order valence-corrected chi connectivity index (χ3v) is 2.78. The highest BCUT2D eigenvalue weighted by atomic mass is 16.5. The number of aromatic hydroxyl groups is 1. The van der Waals surface area contributed by atoms with Gasteiger partial charge in [-0.1, -0.05) is 0 Å². The molecule has 0 unspecified atom stereocenters. The lowest BCUT2D eigenvalue weighted by molar-refractivity contribution is 0.0621. The molecule has 1 N–H and O–H groups in total. The molecule has 1 saturated heterocycles. The molecule has 0 saturated carbocycles. The summed E-state index contributed by atoms with van der Waals surface area (Å²) in [5, 5.41) is 13.4. The van der Waals surface area contributed by atoms with Crippen LogP contribution >= 0.6 is 0 Å². The van der Waals surface area contributed by atoms with Crippen molar-refractivity contribution in [1.29, 1.82) is 0 Å². The second-order valence-corrected chi connectivity index (χ2v) is 3.76. The first-order valence-electron chi connectivity index (χ1n) is 5.15. The molecule has 78 valence electrons. The number of nitrogens with zero attached hydrogens (tertiary/aromatic N) is 2. The highest BCUT2D eigenvalue weighted by Crippen LogP contribution is 2.20. The van der Waals surface area contributed by atoms with Crippen LogP contribution in [0.2, 0.25) is 0 Å². The molecule has 0 aliphatic carbocycles. The van der Waals surface area contributed by atoms with Crippen LogP contribution in [0.25, 0.3) is 0 Å². The lowest BCUT2D eigenvalue weighted by atomic mass is 9.97. The van der Waals surface area contributed by atoms with Crippen molar-refractivity contribution >= 4 is 0 Å². The van der Waals surface area contributed by atoms with Gasteiger partial charge >= 0.3 is 0 Å².